The zero-order valence-corrected chi connectivity index (χ0v) is 30.2. The van der Waals surface area contributed by atoms with Gasteiger partial charge in [-0.3, -0.25) is 0 Å². The summed E-state index contributed by atoms with van der Waals surface area (Å²) in [6.07, 6.45) is 0. The van der Waals surface area contributed by atoms with E-state index in [9.17, 15) is 0 Å². The van der Waals surface area contributed by atoms with Crippen molar-refractivity contribution in [3.8, 4) is 78.1 Å². The smallest absolute Gasteiger partial charge is 0.0725 e. The largest absolute Gasteiger partial charge is 0.248 e. The van der Waals surface area contributed by atoms with E-state index in [1.54, 1.807) is 0 Å². The van der Waals surface area contributed by atoms with Gasteiger partial charge in [0.05, 0.1) is 16.8 Å². The summed E-state index contributed by atoms with van der Waals surface area (Å²) in [5, 5.41) is 0. The van der Waals surface area contributed by atoms with Gasteiger partial charge < -0.3 is 0 Å². The summed E-state index contributed by atoms with van der Waals surface area (Å²) in [6.45, 7) is 0. The van der Waals surface area contributed by atoms with Gasteiger partial charge in [-0.1, -0.05) is 182 Å². The molecule has 0 aliphatic heterocycles. The maximum absolute atomic E-state index is 5.11. The van der Waals surface area contributed by atoms with Gasteiger partial charge in [0.25, 0.3) is 0 Å². The van der Waals surface area contributed by atoms with Crippen LogP contribution in [-0.4, -0.2) is 4.98 Å². The van der Waals surface area contributed by atoms with Gasteiger partial charge in [0.1, 0.15) is 0 Å². The van der Waals surface area contributed by atoms with Crippen molar-refractivity contribution in [2.24, 2.45) is 0 Å². The molecule has 1 heterocycles. The quantitative estimate of drug-likeness (QED) is 0.174. The first-order chi connectivity index (χ1) is 27.3. The Labute approximate surface area is 321 Å². The number of rotatable bonds is 5. The van der Waals surface area contributed by atoms with Crippen LogP contribution in [0.25, 0.3) is 78.1 Å². The highest BCUT2D eigenvalue weighted by Crippen LogP contribution is 2.63. The molecule has 0 amide bonds. The number of pyridine rings is 1. The Morgan fingerprint density at radius 1 is 0.236 bits per heavy atom. The van der Waals surface area contributed by atoms with Crippen LogP contribution < -0.4 is 0 Å². The van der Waals surface area contributed by atoms with Gasteiger partial charge in [-0.15, -0.1) is 0 Å². The summed E-state index contributed by atoms with van der Waals surface area (Å²) in [5.41, 5.74) is 21.6. The molecule has 0 bridgehead atoms. The first-order valence-electron chi connectivity index (χ1n) is 19.0. The number of benzene rings is 8. The molecule has 1 aromatic heterocycles. The number of nitrogens with zero attached hydrogens (tertiary/aromatic N) is 1. The van der Waals surface area contributed by atoms with Gasteiger partial charge in [-0.25, -0.2) is 4.98 Å². The van der Waals surface area contributed by atoms with E-state index in [0.29, 0.717) is 0 Å². The van der Waals surface area contributed by atoms with Crippen LogP contribution in [0.3, 0.4) is 0 Å². The fourth-order valence-corrected chi connectivity index (χ4v) is 9.24. The van der Waals surface area contributed by atoms with Gasteiger partial charge in [0.2, 0.25) is 0 Å². The first kappa shape index (κ1) is 31.4. The van der Waals surface area contributed by atoms with Gasteiger partial charge in [0.15, 0.2) is 0 Å². The third kappa shape index (κ3) is 4.90. The molecule has 2 aliphatic carbocycles. The lowest BCUT2D eigenvalue weighted by molar-refractivity contribution is 0.794. The van der Waals surface area contributed by atoms with Crippen molar-refractivity contribution in [3.63, 3.8) is 0 Å². The predicted molar refractivity (Wildman–Crippen MR) is 228 cm³/mol. The molecule has 0 saturated heterocycles. The number of aromatic nitrogens is 1. The van der Waals surface area contributed by atoms with Crippen molar-refractivity contribution < 1.29 is 0 Å². The van der Waals surface area contributed by atoms with E-state index in [2.05, 4.69) is 212 Å². The molecule has 0 radical (unpaired) electrons. The Hall–Kier alpha value is -7.09. The van der Waals surface area contributed by atoms with Gasteiger partial charge in [0, 0.05) is 11.1 Å². The lowest BCUT2D eigenvalue weighted by Gasteiger charge is -2.30. The number of fused-ring (bicyclic) bond motifs is 10. The van der Waals surface area contributed by atoms with Crippen molar-refractivity contribution in [3.05, 3.63) is 235 Å². The third-order valence-electron chi connectivity index (χ3n) is 11.7. The first-order valence-corrected chi connectivity index (χ1v) is 19.0. The van der Waals surface area contributed by atoms with Crippen LogP contribution >= 0.6 is 0 Å². The second-order valence-electron chi connectivity index (χ2n) is 14.7. The van der Waals surface area contributed by atoms with Crippen LogP contribution in [0.2, 0.25) is 0 Å². The monoisotopic (exact) mass is 697 g/mol. The second-order valence-corrected chi connectivity index (χ2v) is 14.7. The van der Waals surface area contributed by atoms with Crippen LogP contribution in [0.4, 0.5) is 0 Å². The molecule has 0 N–H and O–H groups in total. The summed E-state index contributed by atoms with van der Waals surface area (Å²) in [6, 6.07) is 77.5. The Bertz CT molecular complexity index is 2800. The summed E-state index contributed by atoms with van der Waals surface area (Å²) in [7, 11) is 0. The van der Waals surface area contributed by atoms with E-state index >= 15 is 0 Å². The maximum Gasteiger partial charge on any atom is 0.0725 e. The third-order valence-corrected chi connectivity index (χ3v) is 11.7. The molecule has 0 atom stereocenters. The topological polar surface area (TPSA) is 12.9 Å². The summed E-state index contributed by atoms with van der Waals surface area (Å²) in [4.78, 5) is 5.11. The highest BCUT2D eigenvalue weighted by atomic mass is 14.7. The molecular formula is C54H35N. The minimum Gasteiger partial charge on any atom is -0.248 e. The van der Waals surface area contributed by atoms with Gasteiger partial charge >= 0.3 is 0 Å². The summed E-state index contributed by atoms with van der Waals surface area (Å²) in [5.74, 6) is 0. The van der Waals surface area contributed by atoms with E-state index in [-0.39, 0.29) is 5.41 Å². The lowest BCUT2D eigenvalue weighted by atomic mass is 9.70. The van der Waals surface area contributed by atoms with Crippen LogP contribution in [0.1, 0.15) is 22.3 Å². The van der Waals surface area contributed by atoms with Crippen LogP contribution in [-0.2, 0) is 5.41 Å². The average Bonchev–Trinajstić information content (AvgIpc) is 3.74. The maximum atomic E-state index is 5.11. The average molecular weight is 698 g/mol. The fraction of sp³-hybridized carbons (Fsp3) is 0.0185. The molecule has 1 nitrogen and oxygen atoms in total. The molecule has 0 saturated carbocycles. The minimum atomic E-state index is -0.358. The van der Waals surface area contributed by atoms with E-state index in [4.69, 9.17) is 4.98 Å². The van der Waals surface area contributed by atoms with Crippen molar-refractivity contribution in [2.75, 3.05) is 0 Å². The van der Waals surface area contributed by atoms with Gasteiger partial charge in [-0.05, 0) is 108 Å². The molecule has 2 aliphatic rings. The summed E-state index contributed by atoms with van der Waals surface area (Å²) >= 11 is 0. The second kappa shape index (κ2) is 12.5. The zero-order chi connectivity index (χ0) is 36.3. The molecule has 1 heteroatoms. The zero-order valence-electron chi connectivity index (χ0n) is 30.2. The molecule has 9 aromatic rings. The Balaban J connectivity index is 1.02. The molecule has 8 aromatic carbocycles. The van der Waals surface area contributed by atoms with Crippen molar-refractivity contribution in [1.29, 1.82) is 0 Å². The van der Waals surface area contributed by atoms with Gasteiger partial charge in [-0.2, -0.15) is 0 Å². The molecule has 11 rings (SSSR count). The van der Waals surface area contributed by atoms with E-state index in [0.717, 1.165) is 33.6 Å². The lowest BCUT2D eigenvalue weighted by Crippen LogP contribution is -2.25. The summed E-state index contributed by atoms with van der Waals surface area (Å²) < 4.78 is 0. The van der Waals surface area contributed by atoms with Crippen molar-refractivity contribution >= 4 is 0 Å². The Morgan fingerprint density at radius 2 is 0.600 bits per heavy atom. The molecule has 1 spiro atoms. The van der Waals surface area contributed by atoms with E-state index in [1.165, 1.54) is 66.8 Å². The highest BCUT2D eigenvalue weighted by molar-refractivity contribution is 5.96. The predicted octanol–water partition coefficient (Wildman–Crippen LogP) is 13.8. The minimum absolute atomic E-state index is 0.358. The Kier molecular flexibility index (Phi) is 7.15. The van der Waals surface area contributed by atoms with E-state index in [1.807, 2.05) is 0 Å². The number of hydrogen-bond acceptors (Lipinski definition) is 1. The molecule has 55 heavy (non-hydrogen) atoms. The van der Waals surface area contributed by atoms with Crippen LogP contribution in [0.15, 0.2) is 212 Å². The fourth-order valence-electron chi connectivity index (χ4n) is 9.24. The van der Waals surface area contributed by atoms with Crippen LogP contribution in [0.5, 0.6) is 0 Å². The van der Waals surface area contributed by atoms with Crippen molar-refractivity contribution in [1.82, 2.24) is 4.98 Å². The normalized spacial score (nSPS) is 12.9. The van der Waals surface area contributed by atoms with Crippen molar-refractivity contribution in [2.45, 2.75) is 5.41 Å². The molecular weight excluding hydrogens is 663 g/mol. The molecule has 0 unspecified atom stereocenters. The number of hydrogen-bond donors (Lipinski definition) is 0. The van der Waals surface area contributed by atoms with Crippen LogP contribution in [0, 0.1) is 0 Å². The SMILES string of the molecule is c1ccc(-c2cc(-c3cccc(-c4cccc(-c5ccc6c(c5)C5(c7ccccc7-c7ccccc75)c5ccccc5-6)c4)c3)cc(-c3ccccc3)n2)cc1. The van der Waals surface area contributed by atoms with E-state index < -0.39 is 0 Å². The Morgan fingerprint density at radius 3 is 1.07 bits per heavy atom. The molecule has 0 fully saturated rings. The standard InChI is InChI=1S/C54H35N/c1-3-15-36(16-4-1)52-34-43(35-53(55-52)37-17-5-2-6-18-37)41-22-14-20-39(32-41)38-19-13-21-40(31-38)42-29-30-47-46-25-9-12-28-50(46)54(51(47)33-42)48-26-10-7-23-44(48)45-24-8-11-27-49(45)54/h1-35H. The molecule has 256 valence electrons. The highest BCUT2D eigenvalue weighted by Gasteiger charge is 2.51.